The maximum atomic E-state index is 5.84. The first kappa shape index (κ1) is 22.0. The van der Waals surface area contributed by atoms with Crippen LogP contribution in [0.4, 0.5) is 0 Å². The maximum absolute atomic E-state index is 5.84. The van der Waals surface area contributed by atoms with Gasteiger partial charge in [0.15, 0.2) is 5.96 Å². The Hall–Kier alpha value is -1.02. The van der Waals surface area contributed by atoms with Gasteiger partial charge >= 0.3 is 0 Å². The Morgan fingerprint density at radius 3 is 2.32 bits per heavy atom. The second-order valence-corrected chi connectivity index (χ2v) is 6.08. The summed E-state index contributed by atoms with van der Waals surface area (Å²) in [5.74, 6) is 1.85. The molecule has 6 heteroatoms. The van der Waals surface area contributed by atoms with Gasteiger partial charge in [0.2, 0.25) is 0 Å². The highest BCUT2D eigenvalue weighted by atomic mass is 127. The molecule has 0 amide bonds. The van der Waals surface area contributed by atoms with Crippen molar-refractivity contribution in [1.82, 2.24) is 15.5 Å². The molecule has 1 heterocycles. The molecule has 1 aliphatic rings. The van der Waals surface area contributed by atoms with E-state index in [0.29, 0.717) is 0 Å². The summed E-state index contributed by atoms with van der Waals surface area (Å²) < 4.78 is 5.84. The molecule has 2 N–H and O–H groups in total. The summed E-state index contributed by atoms with van der Waals surface area (Å²) in [6.07, 6.45) is 3.61. The Morgan fingerprint density at radius 2 is 1.72 bits per heavy atom. The van der Waals surface area contributed by atoms with Crippen LogP contribution in [0.25, 0.3) is 0 Å². The molecule has 0 atom stereocenters. The zero-order valence-corrected chi connectivity index (χ0v) is 17.9. The van der Waals surface area contributed by atoms with Crippen LogP contribution in [0, 0.1) is 0 Å². The van der Waals surface area contributed by atoms with Crippen LogP contribution in [0.15, 0.2) is 29.3 Å². The SMILES string of the molecule is CCNC(=NCCc1ccc(OCCN2CCCC2)cc1)NCC.I. The molecule has 1 saturated heterocycles. The van der Waals surface area contributed by atoms with E-state index < -0.39 is 0 Å². The van der Waals surface area contributed by atoms with Crippen LogP contribution in [0.5, 0.6) is 5.75 Å². The molecule has 0 radical (unpaired) electrons. The van der Waals surface area contributed by atoms with Gasteiger partial charge in [0.25, 0.3) is 0 Å². The summed E-state index contributed by atoms with van der Waals surface area (Å²) in [6.45, 7) is 11.0. The van der Waals surface area contributed by atoms with Crippen LogP contribution in [0.3, 0.4) is 0 Å². The number of hydrogen-bond donors (Lipinski definition) is 2. The number of likely N-dealkylation sites (tertiary alicyclic amines) is 1. The molecule has 142 valence electrons. The Labute approximate surface area is 169 Å². The lowest BCUT2D eigenvalue weighted by molar-refractivity contribution is 0.238. The minimum absolute atomic E-state index is 0. The minimum atomic E-state index is 0. The van der Waals surface area contributed by atoms with Crippen LogP contribution < -0.4 is 15.4 Å². The van der Waals surface area contributed by atoms with Crippen LogP contribution in [-0.4, -0.2) is 56.7 Å². The zero-order valence-electron chi connectivity index (χ0n) is 15.6. The lowest BCUT2D eigenvalue weighted by Crippen LogP contribution is -2.37. The lowest BCUT2D eigenvalue weighted by atomic mass is 10.1. The van der Waals surface area contributed by atoms with Crippen molar-refractivity contribution in [2.24, 2.45) is 4.99 Å². The fourth-order valence-corrected chi connectivity index (χ4v) is 2.86. The second kappa shape index (κ2) is 13.2. The highest BCUT2D eigenvalue weighted by Crippen LogP contribution is 2.13. The molecule has 1 aliphatic heterocycles. The second-order valence-electron chi connectivity index (χ2n) is 6.08. The summed E-state index contributed by atoms with van der Waals surface area (Å²) in [5.41, 5.74) is 1.29. The number of ether oxygens (including phenoxy) is 1. The third-order valence-electron chi connectivity index (χ3n) is 4.16. The average molecular weight is 460 g/mol. The molecule has 1 fully saturated rings. The predicted molar refractivity (Wildman–Crippen MR) is 116 cm³/mol. The molecular formula is C19H33IN4O. The van der Waals surface area contributed by atoms with E-state index in [9.17, 15) is 0 Å². The van der Waals surface area contributed by atoms with Crippen molar-refractivity contribution < 1.29 is 4.74 Å². The normalized spacial score (nSPS) is 13.8. The van der Waals surface area contributed by atoms with Gasteiger partial charge in [0.05, 0.1) is 0 Å². The van der Waals surface area contributed by atoms with Gasteiger partial charge in [-0.3, -0.25) is 9.89 Å². The molecule has 0 saturated carbocycles. The van der Waals surface area contributed by atoms with E-state index in [-0.39, 0.29) is 24.0 Å². The highest BCUT2D eigenvalue weighted by Gasteiger charge is 2.10. The van der Waals surface area contributed by atoms with E-state index in [1.807, 2.05) is 0 Å². The van der Waals surface area contributed by atoms with Gasteiger partial charge in [0.1, 0.15) is 12.4 Å². The van der Waals surface area contributed by atoms with Crippen LogP contribution in [-0.2, 0) is 6.42 Å². The Balaban J connectivity index is 0.00000312. The third kappa shape index (κ3) is 8.76. The number of hydrogen-bond acceptors (Lipinski definition) is 3. The molecule has 0 aliphatic carbocycles. The summed E-state index contributed by atoms with van der Waals surface area (Å²) in [7, 11) is 0. The van der Waals surface area contributed by atoms with Gasteiger partial charge in [0, 0.05) is 26.2 Å². The average Bonchev–Trinajstić information content (AvgIpc) is 3.10. The molecule has 1 aromatic rings. The summed E-state index contributed by atoms with van der Waals surface area (Å²) in [4.78, 5) is 7.04. The number of halogens is 1. The van der Waals surface area contributed by atoms with Crippen LogP contribution in [0.2, 0.25) is 0 Å². The van der Waals surface area contributed by atoms with E-state index in [0.717, 1.165) is 50.9 Å². The van der Waals surface area contributed by atoms with Gasteiger partial charge in [-0.1, -0.05) is 12.1 Å². The van der Waals surface area contributed by atoms with E-state index in [1.165, 1.54) is 31.5 Å². The molecule has 0 unspecified atom stereocenters. The first-order valence-corrected chi connectivity index (χ1v) is 9.28. The first-order chi connectivity index (χ1) is 11.8. The highest BCUT2D eigenvalue weighted by molar-refractivity contribution is 14.0. The monoisotopic (exact) mass is 460 g/mol. The van der Waals surface area contributed by atoms with E-state index in [1.54, 1.807) is 0 Å². The maximum Gasteiger partial charge on any atom is 0.191 e. The van der Waals surface area contributed by atoms with Gasteiger partial charge in [-0.25, -0.2) is 0 Å². The minimum Gasteiger partial charge on any atom is -0.492 e. The van der Waals surface area contributed by atoms with Crippen molar-refractivity contribution in [3.8, 4) is 5.75 Å². The molecule has 5 nitrogen and oxygen atoms in total. The largest absolute Gasteiger partial charge is 0.492 e. The summed E-state index contributed by atoms with van der Waals surface area (Å²) in [5, 5.41) is 6.48. The first-order valence-electron chi connectivity index (χ1n) is 9.28. The van der Waals surface area contributed by atoms with Crippen molar-refractivity contribution in [2.45, 2.75) is 33.1 Å². The van der Waals surface area contributed by atoms with Gasteiger partial charge in [-0.2, -0.15) is 0 Å². The molecular weight excluding hydrogens is 427 g/mol. The standard InChI is InChI=1S/C19H32N4O.HI/c1-3-20-19(21-4-2)22-12-11-17-7-9-18(10-8-17)24-16-15-23-13-5-6-14-23;/h7-10H,3-6,11-16H2,1-2H3,(H2,20,21,22);1H. The Kier molecular flexibility index (Phi) is 11.6. The topological polar surface area (TPSA) is 48.9 Å². The zero-order chi connectivity index (χ0) is 17.0. The number of nitrogens with one attached hydrogen (secondary N) is 2. The fraction of sp³-hybridized carbons (Fsp3) is 0.632. The Morgan fingerprint density at radius 1 is 1.08 bits per heavy atom. The summed E-state index contributed by atoms with van der Waals surface area (Å²) >= 11 is 0. The van der Waals surface area contributed by atoms with Crippen molar-refractivity contribution in [2.75, 3.05) is 45.9 Å². The molecule has 25 heavy (non-hydrogen) atoms. The lowest BCUT2D eigenvalue weighted by Gasteiger charge is -2.15. The van der Waals surface area contributed by atoms with Gasteiger partial charge < -0.3 is 15.4 Å². The number of nitrogens with zero attached hydrogens (tertiary/aromatic N) is 2. The van der Waals surface area contributed by atoms with Crippen LogP contribution in [0.1, 0.15) is 32.3 Å². The predicted octanol–water partition coefficient (Wildman–Crippen LogP) is 2.90. The third-order valence-corrected chi connectivity index (χ3v) is 4.16. The van der Waals surface area contributed by atoms with Crippen molar-refractivity contribution in [3.05, 3.63) is 29.8 Å². The van der Waals surface area contributed by atoms with Crippen molar-refractivity contribution in [1.29, 1.82) is 0 Å². The number of rotatable bonds is 9. The molecule has 0 spiro atoms. The molecule has 2 rings (SSSR count). The number of aliphatic imine (C=N–C) groups is 1. The van der Waals surface area contributed by atoms with Gasteiger partial charge in [-0.15, -0.1) is 24.0 Å². The fourth-order valence-electron chi connectivity index (χ4n) is 2.86. The van der Waals surface area contributed by atoms with Gasteiger partial charge in [-0.05, 0) is 63.9 Å². The smallest absolute Gasteiger partial charge is 0.191 e. The summed E-state index contributed by atoms with van der Waals surface area (Å²) in [6, 6.07) is 8.42. The molecule has 0 aromatic heterocycles. The van der Waals surface area contributed by atoms with Crippen LogP contribution >= 0.6 is 24.0 Å². The molecule has 0 bridgehead atoms. The van der Waals surface area contributed by atoms with E-state index >= 15 is 0 Å². The molecule has 1 aromatic carbocycles. The van der Waals surface area contributed by atoms with E-state index in [2.05, 4.69) is 58.6 Å². The van der Waals surface area contributed by atoms with E-state index in [4.69, 9.17) is 4.74 Å². The van der Waals surface area contributed by atoms with Crippen molar-refractivity contribution >= 4 is 29.9 Å². The van der Waals surface area contributed by atoms with Crippen molar-refractivity contribution in [3.63, 3.8) is 0 Å². The quantitative estimate of drug-likeness (QED) is 0.338. The number of guanidine groups is 1. The Bertz CT molecular complexity index is 479. The number of benzene rings is 1.